The van der Waals surface area contributed by atoms with Crippen LogP contribution in [0.5, 0.6) is 0 Å². The van der Waals surface area contributed by atoms with Crippen LogP contribution in [-0.2, 0) is 9.53 Å². The van der Waals surface area contributed by atoms with Gasteiger partial charge in [0.1, 0.15) is 6.42 Å². The van der Waals surface area contributed by atoms with Crippen molar-refractivity contribution in [1.29, 1.82) is 5.41 Å². The van der Waals surface area contributed by atoms with E-state index in [0.717, 1.165) is 0 Å². The van der Waals surface area contributed by atoms with Gasteiger partial charge in [-0.25, -0.2) is 0 Å². The average molecular weight is 144 g/mol. The lowest BCUT2D eigenvalue weighted by Gasteiger charge is -1.93. The molecule has 0 aliphatic rings. The van der Waals surface area contributed by atoms with Crippen LogP contribution in [0.3, 0.4) is 0 Å². The van der Waals surface area contributed by atoms with E-state index in [4.69, 9.17) is 5.41 Å². The highest BCUT2D eigenvalue weighted by Gasteiger charge is 2.03. The number of nitrogens with two attached hydrogens (primary N) is 1. The van der Waals surface area contributed by atoms with Crippen molar-refractivity contribution in [3.05, 3.63) is 0 Å². The average Bonchev–Trinajstić information content (AvgIpc) is 1.88. The van der Waals surface area contributed by atoms with Gasteiger partial charge < -0.3 is 10.6 Å². The molecule has 0 amide bonds. The second-order valence-electron chi connectivity index (χ2n) is 1.42. The molecule has 3 N–H and O–H groups in total. The SMILES string of the molecule is COC(=O)CC(=N)N=NN. The molecule has 0 aromatic heterocycles. The van der Waals surface area contributed by atoms with Crippen molar-refractivity contribution >= 4 is 11.8 Å². The minimum absolute atomic E-state index is 0.197. The van der Waals surface area contributed by atoms with Crippen molar-refractivity contribution < 1.29 is 9.53 Å². The number of hydrogen-bond donors (Lipinski definition) is 2. The monoisotopic (exact) mass is 144 g/mol. The van der Waals surface area contributed by atoms with Crippen LogP contribution in [0.25, 0.3) is 0 Å². The van der Waals surface area contributed by atoms with E-state index in [9.17, 15) is 4.79 Å². The number of rotatable bonds is 2. The van der Waals surface area contributed by atoms with E-state index in [1.165, 1.54) is 7.11 Å². The number of carbonyl (C=O) groups excluding carboxylic acids is 1. The third kappa shape index (κ3) is 3.53. The Morgan fingerprint density at radius 1 is 1.80 bits per heavy atom. The number of ether oxygens (including phenoxy) is 1. The highest BCUT2D eigenvalue weighted by Crippen LogP contribution is 1.88. The Morgan fingerprint density at radius 2 is 2.40 bits per heavy atom. The lowest BCUT2D eigenvalue weighted by Crippen LogP contribution is -2.06. The first-order valence-electron chi connectivity index (χ1n) is 2.46. The standard InChI is InChI=1S/C4H8N4O2/c1-10-4(9)2-3(5)7-8-6/h2H2,1H3,(H3,5,6,7). The summed E-state index contributed by atoms with van der Waals surface area (Å²) in [5.41, 5.74) is 0. The van der Waals surface area contributed by atoms with Crippen molar-refractivity contribution in [2.75, 3.05) is 7.11 Å². The number of nitrogens with one attached hydrogen (secondary N) is 1. The summed E-state index contributed by atoms with van der Waals surface area (Å²) in [6.45, 7) is 0. The van der Waals surface area contributed by atoms with Gasteiger partial charge >= 0.3 is 5.97 Å². The second-order valence-corrected chi connectivity index (χ2v) is 1.42. The molecule has 6 heteroatoms. The molecule has 0 radical (unpaired) electrons. The quantitative estimate of drug-likeness (QED) is 0.141. The maximum absolute atomic E-state index is 10.4. The summed E-state index contributed by atoms with van der Waals surface area (Å²) in [5, 5.41) is 12.8. The van der Waals surface area contributed by atoms with Crippen molar-refractivity contribution in [2.24, 2.45) is 16.2 Å². The van der Waals surface area contributed by atoms with E-state index in [1.54, 1.807) is 0 Å². The summed E-state index contributed by atoms with van der Waals surface area (Å²) in [6.07, 6.45) is -0.197. The normalized spacial score (nSPS) is 9.70. The first kappa shape index (κ1) is 8.54. The molecular formula is C4H8N4O2. The van der Waals surface area contributed by atoms with Crippen LogP contribution in [0.4, 0.5) is 0 Å². The second kappa shape index (κ2) is 4.42. The Labute approximate surface area is 57.6 Å². The fourth-order valence-electron chi connectivity index (χ4n) is 0.314. The van der Waals surface area contributed by atoms with Crippen molar-refractivity contribution in [3.63, 3.8) is 0 Å². The fourth-order valence-corrected chi connectivity index (χ4v) is 0.314. The van der Waals surface area contributed by atoms with Gasteiger partial charge in [0.15, 0.2) is 5.84 Å². The summed E-state index contributed by atoms with van der Waals surface area (Å²) < 4.78 is 4.24. The molecule has 0 heterocycles. The number of amidine groups is 1. The topological polar surface area (TPSA) is 101 Å². The predicted molar refractivity (Wildman–Crippen MR) is 33.4 cm³/mol. The van der Waals surface area contributed by atoms with Gasteiger partial charge in [0, 0.05) is 0 Å². The molecule has 0 aliphatic carbocycles. The van der Waals surface area contributed by atoms with E-state index >= 15 is 0 Å². The van der Waals surface area contributed by atoms with Gasteiger partial charge in [0.25, 0.3) is 0 Å². The zero-order valence-electron chi connectivity index (χ0n) is 5.50. The maximum atomic E-state index is 10.4. The first-order valence-corrected chi connectivity index (χ1v) is 2.46. The molecule has 0 rings (SSSR count). The van der Waals surface area contributed by atoms with Gasteiger partial charge in [-0.2, -0.15) is 0 Å². The Bertz CT molecular complexity index is 165. The van der Waals surface area contributed by atoms with Crippen molar-refractivity contribution in [2.45, 2.75) is 6.42 Å². The predicted octanol–water partition coefficient (Wildman–Crippen LogP) is -0.147. The molecule has 0 aliphatic heterocycles. The summed E-state index contributed by atoms with van der Waals surface area (Å²) in [7, 11) is 1.23. The molecule has 0 saturated carbocycles. The minimum atomic E-state index is -0.530. The highest BCUT2D eigenvalue weighted by molar-refractivity contribution is 5.95. The molecule has 0 spiro atoms. The van der Waals surface area contributed by atoms with Crippen LogP contribution in [-0.4, -0.2) is 18.9 Å². The van der Waals surface area contributed by atoms with Gasteiger partial charge in [-0.3, -0.25) is 10.2 Å². The van der Waals surface area contributed by atoms with E-state index < -0.39 is 5.97 Å². The molecule has 6 nitrogen and oxygen atoms in total. The third-order valence-electron chi connectivity index (χ3n) is 0.718. The van der Waals surface area contributed by atoms with Gasteiger partial charge in [-0.15, -0.1) is 5.11 Å². The minimum Gasteiger partial charge on any atom is -0.469 e. The lowest BCUT2D eigenvalue weighted by molar-refractivity contribution is -0.139. The molecule has 56 valence electrons. The molecule has 0 unspecified atom stereocenters. The van der Waals surface area contributed by atoms with Crippen LogP contribution in [0, 0.1) is 5.41 Å². The zero-order chi connectivity index (χ0) is 7.98. The largest absolute Gasteiger partial charge is 0.469 e. The Morgan fingerprint density at radius 3 is 2.80 bits per heavy atom. The highest BCUT2D eigenvalue weighted by atomic mass is 16.5. The Hall–Kier alpha value is -1.46. The zero-order valence-corrected chi connectivity index (χ0v) is 5.50. The molecule has 0 saturated heterocycles. The number of methoxy groups -OCH3 is 1. The lowest BCUT2D eigenvalue weighted by atomic mass is 10.4. The van der Waals surface area contributed by atoms with Crippen LogP contribution in [0.2, 0.25) is 0 Å². The Kier molecular flexibility index (Phi) is 3.78. The van der Waals surface area contributed by atoms with Crippen LogP contribution < -0.4 is 5.84 Å². The van der Waals surface area contributed by atoms with Crippen LogP contribution >= 0.6 is 0 Å². The van der Waals surface area contributed by atoms with Crippen LogP contribution in [0.1, 0.15) is 6.42 Å². The molecule has 10 heavy (non-hydrogen) atoms. The van der Waals surface area contributed by atoms with Crippen LogP contribution in [0.15, 0.2) is 10.3 Å². The molecule has 0 aromatic carbocycles. The smallest absolute Gasteiger partial charge is 0.313 e. The summed E-state index contributed by atoms with van der Waals surface area (Å²) >= 11 is 0. The van der Waals surface area contributed by atoms with Gasteiger partial charge in [0.2, 0.25) is 0 Å². The van der Waals surface area contributed by atoms with E-state index in [2.05, 4.69) is 20.9 Å². The van der Waals surface area contributed by atoms with E-state index in [-0.39, 0.29) is 12.3 Å². The summed E-state index contributed by atoms with van der Waals surface area (Å²) in [6, 6.07) is 0. The number of carbonyl (C=O) groups is 1. The van der Waals surface area contributed by atoms with Gasteiger partial charge in [0.05, 0.1) is 7.11 Å². The molecular weight excluding hydrogens is 136 g/mol. The first-order chi connectivity index (χ1) is 4.70. The molecule has 0 bridgehead atoms. The molecule has 0 aromatic rings. The van der Waals surface area contributed by atoms with E-state index in [1.807, 2.05) is 0 Å². The van der Waals surface area contributed by atoms with Gasteiger partial charge in [-0.1, -0.05) is 5.22 Å². The third-order valence-corrected chi connectivity index (χ3v) is 0.718. The van der Waals surface area contributed by atoms with Crippen molar-refractivity contribution in [3.8, 4) is 0 Å². The summed E-state index contributed by atoms with van der Waals surface area (Å²) in [4.78, 5) is 10.4. The number of nitrogens with zero attached hydrogens (tertiary/aromatic N) is 2. The number of esters is 1. The van der Waals surface area contributed by atoms with E-state index in [0.29, 0.717) is 0 Å². The fraction of sp³-hybridized carbons (Fsp3) is 0.500. The molecule has 0 fully saturated rings. The Balaban J connectivity index is 3.68. The maximum Gasteiger partial charge on any atom is 0.313 e. The van der Waals surface area contributed by atoms with Gasteiger partial charge in [-0.05, 0) is 0 Å². The van der Waals surface area contributed by atoms with Crippen molar-refractivity contribution in [1.82, 2.24) is 0 Å². The molecule has 0 atom stereocenters. The number of hydrogen-bond acceptors (Lipinski definition) is 4. The summed E-state index contributed by atoms with van der Waals surface area (Å²) in [5.74, 6) is 3.87.